The van der Waals surface area contributed by atoms with Crippen LogP contribution in [0.1, 0.15) is 23.5 Å². The molecule has 0 saturated heterocycles. The molecule has 0 bridgehead atoms. The van der Waals surface area contributed by atoms with Gasteiger partial charge in [0.15, 0.2) is 0 Å². The van der Waals surface area contributed by atoms with Crippen LogP contribution in [-0.4, -0.2) is 16.1 Å². The van der Waals surface area contributed by atoms with Crippen molar-refractivity contribution in [3.8, 4) is 0 Å². The largest absolute Gasteiger partial charge is 0.306 e. The maximum absolute atomic E-state index is 3.95. The van der Waals surface area contributed by atoms with Crippen molar-refractivity contribution in [2.45, 2.75) is 19.9 Å². The molecule has 66 valence electrons. The molecule has 1 N–H and O–H groups in total. The summed E-state index contributed by atoms with van der Waals surface area (Å²) in [6, 6.07) is 0.204. The molecule has 0 aliphatic heterocycles. The monoisotopic (exact) mass is 183 g/mol. The Hall–Kier alpha value is -0.740. The minimum atomic E-state index is 0.204. The zero-order valence-electron chi connectivity index (χ0n) is 7.37. The van der Waals surface area contributed by atoms with Gasteiger partial charge in [-0.05, 0) is 25.0 Å². The highest BCUT2D eigenvalue weighted by molar-refractivity contribution is 7.05. The van der Waals surface area contributed by atoms with Gasteiger partial charge in [-0.1, -0.05) is 17.5 Å². The first-order valence-corrected chi connectivity index (χ1v) is 4.71. The third-order valence-electron chi connectivity index (χ3n) is 1.63. The fourth-order valence-electron chi connectivity index (χ4n) is 1.03. The summed E-state index contributed by atoms with van der Waals surface area (Å²) in [4.78, 5) is 1.16. The summed E-state index contributed by atoms with van der Waals surface area (Å²) in [5.74, 6) is 0. The Morgan fingerprint density at radius 1 is 1.75 bits per heavy atom. The summed E-state index contributed by atoms with van der Waals surface area (Å²) in [7, 11) is 0. The maximum Gasteiger partial charge on any atom is 0.0776 e. The molecule has 1 aromatic rings. The Bertz CT molecular complexity index is 257. The molecule has 0 aromatic carbocycles. The number of nitrogens with zero attached hydrogens (tertiary/aromatic N) is 2. The van der Waals surface area contributed by atoms with Gasteiger partial charge in [-0.25, -0.2) is 0 Å². The van der Waals surface area contributed by atoms with Gasteiger partial charge in [0.25, 0.3) is 0 Å². The maximum atomic E-state index is 3.95. The van der Waals surface area contributed by atoms with Crippen LogP contribution in [0.5, 0.6) is 0 Å². The van der Waals surface area contributed by atoms with Gasteiger partial charge in [-0.15, -0.1) is 11.7 Å². The van der Waals surface area contributed by atoms with Crippen molar-refractivity contribution in [3.05, 3.63) is 23.2 Å². The van der Waals surface area contributed by atoms with E-state index < -0.39 is 0 Å². The van der Waals surface area contributed by atoms with Crippen molar-refractivity contribution in [2.75, 3.05) is 6.54 Å². The average molecular weight is 183 g/mol. The van der Waals surface area contributed by atoms with Crippen molar-refractivity contribution in [1.82, 2.24) is 14.9 Å². The molecule has 1 unspecified atom stereocenters. The van der Waals surface area contributed by atoms with Gasteiger partial charge >= 0.3 is 0 Å². The SMILES string of the molecule is C=CC(NCC)c1snnc1C. The third-order valence-corrected chi connectivity index (χ3v) is 2.54. The molecule has 1 rings (SSSR count). The molecule has 1 heterocycles. The second-order valence-corrected chi connectivity index (χ2v) is 3.28. The highest BCUT2D eigenvalue weighted by Crippen LogP contribution is 2.19. The number of aryl methyl sites for hydroxylation is 1. The first-order valence-electron chi connectivity index (χ1n) is 3.94. The minimum Gasteiger partial charge on any atom is -0.306 e. The van der Waals surface area contributed by atoms with Crippen molar-refractivity contribution in [2.24, 2.45) is 0 Å². The fraction of sp³-hybridized carbons (Fsp3) is 0.500. The molecule has 0 fully saturated rings. The predicted molar refractivity (Wildman–Crippen MR) is 51.3 cm³/mol. The van der Waals surface area contributed by atoms with Crippen LogP contribution in [-0.2, 0) is 0 Å². The standard InChI is InChI=1S/C8H13N3S/c1-4-7(9-5-2)8-6(3)10-11-12-8/h4,7,9H,1,5H2,2-3H3. The van der Waals surface area contributed by atoms with Crippen LogP contribution in [0, 0.1) is 6.92 Å². The van der Waals surface area contributed by atoms with Gasteiger partial charge in [0.05, 0.1) is 16.6 Å². The first-order chi connectivity index (χ1) is 5.79. The summed E-state index contributed by atoms with van der Waals surface area (Å²) in [5.41, 5.74) is 0.992. The summed E-state index contributed by atoms with van der Waals surface area (Å²) in [6.45, 7) is 8.72. The van der Waals surface area contributed by atoms with Gasteiger partial charge in [-0.3, -0.25) is 0 Å². The van der Waals surface area contributed by atoms with Gasteiger partial charge in [0.1, 0.15) is 0 Å². The fourth-order valence-corrected chi connectivity index (χ4v) is 1.74. The number of nitrogens with one attached hydrogen (secondary N) is 1. The van der Waals surface area contributed by atoms with Gasteiger partial charge in [0.2, 0.25) is 0 Å². The average Bonchev–Trinajstić information content (AvgIpc) is 2.47. The van der Waals surface area contributed by atoms with Crippen LogP contribution in [0.15, 0.2) is 12.7 Å². The molecule has 0 radical (unpaired) electrons. The molecule has 1 aromatic heterocycles. The smallest absolute Gasteiger partial charge is 0.0776 e. The number of hydrogen-bond donors (Lipinski definition) is 1. The second-order valence-electron chi connectivity index (χ2n) is 2.49. The van der Waals surface area contributed by atoms with Crippen molar-refractivity contribution in [3.63, 3.8) is 0 Å². The highest BCUT2D eigenvalue weighted by Gasteiger charge is 2.11. The van der Waals surface area contributed by atoms with E-state index in [9.17, 15) is 0 Å². The Kier molecular flexibility index (Phi) is 3.37. The van der Waals surface area contributed by atoms with Gasteiger partial charge in [0, 0.05) is 0 Å². The topological polar surface area (TPSA) is 37.8 Å². The number of likely N-dealkylation sites (N-methyl/N-ethyl adjacent to an activating group) is 1. The van der Waals surface area contributed by atoms with Gasteiger partial charge < -0.3 is 5.32 Å². The second kappa shape index (κ2) is 4.33. The van der Waals surface area contributed by atoms with E-state index in [1.165, 1.54) is 11.5 Å². The van der Waals surface area contributed by atoms with E-state index in [0.29, 0.717) is 0 Å². The van der Waals surface area contributed by atoms with Crippen LogP contribution in [0.4, 0.5) is 0 Å². The minimum absolute atomic E-state index is 0.204. The molecule has 1 atom stereocenters. The highest BCUT2D eigenvalue weighted by atomic mass is 32.1. The third kappa shape index (κ3) is 1.89. The molecule has 0 spiro atoms. The Labute approximate surface area is 76.7 Å². The van der Waals surface area contributed by atoms with Crippen LogP contribution in [0.25, 0.3) is 0 Å². The lowest BCUT2D eigenvalue weighted by Gasteiger charge is -2.10. The Balaban J connectivity index is 2.79. The van der Waals surface area contributed by atoms with Crippen molar-refractivity contribution < 1.29 is 0 Å². The number of hydrogen-bond acceptors (Lipinski definition) is 4. The first kappa shape index (κ1) is 9.35. The Morgan fingerprint density at radius 3 is 2.92 bits per heavy atom. The molecular weight excluding hydrogens is 170 g/mol. The molecule has 0 amide bonds. The van der Waals surface area contributed by atoms with Crippen molar-refractivity contribution >= 4 is 11.5 Å². The van der Waals surface area contributed by atoms with Crippen LogP contribution in [0.2, 0.25) is 0 Å². The summed E-state index contributed by atoms with van der Waals surface area (Å²) in [6.07, 6.45) is 1.88. The van der Waals surface area contributed by atoms with Crippen LogP contribution < -0.4 is 5.32 Å². The van der Waals surface area contributed by atoms with E-state index in [4.69, 9.17) is 0 Å². The van der Waals surface area contributed by atoms with E-state index in [-0.39, 0.29) is 6.04 Å². The number of aromatic nitrogens is 2. The van der Waals surface area contributed by atoms with E-state index in [0.717, 1.165) is 17.1 Å². The molecule has 12 heavy (non-hydrogen) atoms. The van der Waals surface area contributed by atoms with Crippen LogP contribution in [0.3, 0.4) is 0 Å². The zero-order valence-corrected chi connectivity index (χ0v) is 8.19. The summed E-state index contributed by atoms with van der Waals surface area (Å²) in [5, 5.41) is 7.24. The molecule has 4 heteroatoms. The summed E-state index contributed by atoms with van der Waals surface area (Å²) >= 11 is 1.43. The molecule has 0 aliphatic rings. The molecule has 0 aliphatic carbocycles. The van der Waals surface area contributed by atoms with Gasteiger partial charge in [-0.2, -0.15) is 0 Å². The lowest BCUT2D eigenvalue weighted by Crippen LogP contribution is -2.18. The summed E-state index contributed by atoms with van der Waals surface area (Å²) < 4.78 is 3.88. The zero-order chi connectivity index (χ0) is 8.97. The quantitative estimate of drug-likeness (QED) is 0.722. The van der Waals surface area contributed by atoms with E-state index in [2.05, 4.69) is 28.4 Å². The van der Waals surface area contributed by atoms with E-state index in [1.807, 2.05) is 13.0 Å². The van der Waals surface area contributed by atoms with E-state index >= 15 is 0 Å². The molecule has 0 saturated carbocycles. The number of rotatable bonds is 4. The lowest BCUT2D eigenvalue weighted by atomic mass is 10.2. The van der Waals surface area contributed by atoms with Crippen molar-refractivity contribution in [1.29, 1.82) is 0 Å². The molecule has 3 nitrogen and oxygen atoms in total. The van der Waals surface area contributed by atoms with Crippen LogP contribution >= 0.6 is 11.5 Å². The molecular formula is C8H13N3S. The predicted octanol–water partition coefficient (Wildman–Crippen LogP) is 1.68. The lowest BCUT2D eigenvalue weighted by molar-refractivity contribution is 0.654. The normalized spacial score (nSPS) is 12.8. The van der Waals surface area contributed by atoms with E-state index in [1.54, 1.807) is 0 Å². The Morgan fingerprint density at radius 2 is 2.50 bits per heavy atom.